The van der Waals surface area contributed by atoms with E-state index >= 15 is 0 Å². The van der Waals surface area contributed by atoms with Gasteiger partial charge in [-0.15, -0.1) is 26.3 Å². The Morgan fingerprint density at radius 2 is 1.71 bits per heavy atom. The fraction of sp³-hybridized carbons (Fsp3) is 0.442. The van der Waals surface area contributed by atoms with Crippen molar-refractivity contribution >= 4 is 17.4 Å². The molecule has 1 fully saturated rings. The average molecular weight is 764 g/mol. The zero-order valence-corrected chi connectivity index (χ0v) is 33.0. The Morgan fingerprint density at radius 1 is 1.02 bits per heavy atom. The van der Waals surface area contributed by atoms with Crippen LogP contribution < -0.4 is 14.4 Å². The lowest BCUT2D eigenvalue weighted by molar-refractivity contribution is -0.274. The molecular weight excluding hydrogens is 711 g/mol. The van der Waals surface area contributed by atoms with Gasteiger partial charge in [-0.25, -0.2) is 9.78 Å². The molecule has 9 nitrogen and oxygen atoms in total. The number of aryl methyl sites for hydroxylation is 1. The maximum absolute atomic E-state index is 13.6. The quantitative estimate of drug-likeness (QED) is 0.0928. The number of ether oxygens (including phenoxy) is 5. The number of carbonyl (C=O) groups is 1. The van der Waals surface area contributed by atoms with E-state index in [0.717, 1.165) is 35.3 Å². The van der Waals surface area contributed by atoms with Gasteiger partial charge in [-0.1, -0.05) is 30.4 Å². The molecule has 2 aromatic carbocycles. The summed E-state index contributed by atoms with van der Waals surface area (Å²) in [6, 6.07) is 11.4. The molecule has 0 radical (unpaired) electrons. The molecule has 5 rings (SSSR count). The standard InChI is InChI=1S/C43H52F3N3O6/c1-11-14-27(3)53-35-18-17-32(54-43(44,45)46)25-33(35)30-15-13-16-31(24-30)34-26-49-38(47-34)29(5)28(4)36(37(40(50)51-10)55-41(6,7)8)39(49)48-21-19-42(9,20-22-48)52-23-12-2/h11-13,15-18,24-27,37H,1-2,14,19-23H2,3-10H3/t27-,37?/m0/s1. The highest BCUT2D eigenvalue weighted by Gasteiger charge is 2.38. The summed E-state index contributed by atoms with van der Waals surface area (Å²) in [5.74, 6) is 0.288. The first-order valence-corrected chi connectivity index (χ1v) is 18.4. The third-order valence-corrected chi connectivity index (χ3v) is 9.78. The summed E-state index contributed by atoms with van der Waals surface area (Å²) in [5, 5.41) is 0. The van der Waals surface area contributed by atoms with Crippen LogP contribution >= 0.6 is 0 Å². The van der Waals surface area contributed by atoms with Crippen molar-refractivity contribution in [1.29, 1.82) is 0 Å². The highest BCUT2D eigenvalue weighted by Crippen LogP contribution is 2.42. The van der Waals surface area contributed by atoms with Crippen molar-refractivity contribution < 1.29 is 41.7 Å². The minimum atomic E-state index is -4.86. The summed E-state index contributed by atoms with van der Waals surface area (Å²) in [5.41, 5.74) is 4.43. The van der Waals surface area contributed by atoms with Gasteiger partial charge in [0.15, 0.2) is 6.10 Å². The van der Waals surface area contributed by atoms with Crippen LogP contribution in [0.1, 0.15) is 76.7 Å². The minimum Gasteiger partial charge on any atom is -0.490 e. The molecule has 0 N–H and O–H groups in total. The molecule has 2 aromatic heterocycles. The summed E-state index contributed by atoms with van der Waals surface area (Å²) in [6.07, 6.45) is 1.24. The number of rotatable bonds is 14. The minimum absolute atomic E-state index is 0.275. The van der Waals surface area contributed by atoms with Gasteiger partial charge in [0.1, 0.15) is 23.0 Å². The zero-order chi connectivity index (χ0) is 40.3. The van der Waals surface area contributed by atoms with E-state index in [2.05, 4.69) is 29.7 Å². The number of esters is 1. The number of methoxy groups -OCH3 is 1. The van der Waals surface area contributed by atoms with Crippen molar-refractivity contribution in [3.63, 3.8) is 0 Å². The number of piperidine rings is 1. The van der Waals surface area contributed by atoms with Crippen LogP contribution in [0.3, 0.4) is 0 Å². The molecule has 1 saturated heterocycles. The number of hydrogen-bond acceptors (Lipinski definition) is 8. The second-order valence-corrected chi connectivity index (χ2v) is 15.2. The van der Waals surface area contributed by atoms with E-state index in [1.807, 2.05) is 70.3 Å². The summed E-state index contributed by atoms with van der Waals surface area (Å²) >= 11 is 0. The molecule has 55 heavy (non-hydrogen) atoms. The van der Waals surface area contributed by atoms with Gasteiger partial charge in [-0.2, -0.15) is 0 Å². The SMILES string of the molecule is C=CCOC1(C)CCN(c2c(C(OC(C)(C)C)C(=O)OC)c(C)c(C)c3nc(-c4cccc(-c5cc(OC(F)(F)F)ccc5O[C@@H](C)CC=C)c4)cn23)CC1. The first-order valence-electron chi connectivity index (χ1n) is 18.4. The van der Waals surface area contributed by atoms with Crippen LogP contribution in [-0.4, -0.2) is 65.8 Å². The summed E-state index contributed by atoms with van der Waals surface area (Å²) in [7, 11) is 1.36. The molecule has 0 bridgehead atoms. The Kier molecular flexibility index (Phi) is 12.4. The van der Waals surface area contributed by atoms with Gasteiger partial charge in [-0.05, 0) is 102 Å². The summed E-state index contributed by atoms with van der Waals surface area (Å²) in [6.45, 7) is 22.9. The van der Waals surface area contributed by atoms with Crippen molar-refractivity contribution in [2.75, 3.05) is 31.7 Å². The van der Waals surface area contributed by atoms with Gasteiger partial charge in [-0.3, -0.25) is 4.40 Å². The Balaban J connectivity index is 1.69. The maximum Gasteiger partial charge on any atom is 0.573 e. The van der Waals surface area contributed by atoms with E-state index < -0.39 is 24.0 Å². The molecule has 0 amide bonds. The molecule has 4 aromatic rings. The molecule has 3 heterocycles. The van der Waals surface area contributed by atoms with Crippen molar-refractivity contribution in [2.24, 2.45) is 0 Å². The molecule has 1 aliphatic heterocycles. The van der Waals surface area contributed by atoms with E-state index in [1.54, 1.807) is 18.2 Å². The molecule has 1 aliphatic rings. The summed E-state index contributed by atoms with van der Waals surface area (Å²) in [4.78, 5) is 20.9. The van der Waals surface area contributed by atoms with Gasteiger partial charge in [0.05, 0.1) is 36.7 Å². The lowest BCUT2D eigenvalue weighted by Gasteiger charge is -2.41. The number of nitrogens with zero attached hydrogens (tertiary/aromatic N) is 3. The Hall–Kier alpha value is -4.81. The van der Waals surface area contributed by atoms with Gasteiger partial charge in [0.25, 0.3) is 0 Å². The number of carbonyl (C=O) groups excluding carboxylic acids is 1. The Morgan fingerprint density at radius 3 is 2.33 bits per heavy atom. The van der Waals surface area contributed by atoms with Gasteiger partial charge < -0.3 is 28.6 Å². The predicted molar refractivity (Wildman–Crippen MR) is 209 cm³/mol. The van der Waals surface area contributed by atoms with Crippen LogP contribution in [-0.2, 0) is 19.0 Å². The number of hydrogen-bond donors (Lipinski definition) is 0. The van der Waals surface area contributed by atoms with Crippen molar-refractivity contribution in [3.05, 3.63) is 90.7 Å². The second kappa shape index (κ2) is 16.5. The molecule has 1 unspecified atom stereocenters. The highest BCUT2D eigenvalue weighted by molar-refractivity contribution is 5.83. The normalized spacial score (nSPS) is 15.7. The molecule has 0 spiro atoms. The van der Waals surface area contributed by atoms with E-state index in [1.165, 1.54) is 25.3 Å². The molecule has 296 valence electrons. The molecular formula is C43H52F3N3O6. The van der Waals surface area contributed by atoms with E-state index in [9.17, 15) is 18.0 Å². The van der Waals surface area contributed by atoms with Gasteiger partial charge in [0.2, 0.25) is 0 Å². The lowest BCUT2D eigenvalue weighted by Crippen LogP contribution is -2.45. The Labute approximate surface area is 321 Å². The zero-order valence-electron chi connectivity index (χ0n) is 33.0. The Bertz CT molecular complexity index is 2020. The summed E-state index contributed by atoms with van der Waals surface area (Å²) < 4.78 is 70.3. The van der Waals surface area contributed by atoms with Gasteiger partial charge in [0, 0.05) is 42.4 Å². The number of pyridine rings is 1. The first-order chi connectivity index (χ1) is 25.9. The third kappa shape index (κ3) is 9.71. The van der Waals surface area contributed by atoms with Crippen LogP contribution in [0.2, 0.25) is 0 Å². The van der Waals surface area contributed by atoms with Crippen LogP contribution in [0, 0.1) is 13.8 Å². The highest BCUT2D eigenvalue weighted by atomic mass is 19.4. The van der Waals surface area contributed by atoms with Crippen molar-refractivity contribution in [2.45, 2.75) is 97.5 Å². The number of anilines is 1. The monoisotopic (exact) mass is 763 g/mol. The number of alkyl halides is 3. The number of benzene rings is 2. The van der Waals surface area contributed by atoms with Crippen LogP contribution in [0.5, 0.6) is 11.5 Å². The van der Waals surface area contributed by atoms with Gasteiger partial charge >= 0.3 is 12.3 Å². The number of imidazole rings is 1. The van der Waals surface area contributed by atoms with E-state index in [-0.39, 0.29) is 17.5 Å². The van der Waals surface area contributed by atoms with E-state index in [4.69, 9.17) is 23.9 Å². The van der Waals surface area contributed by atoms with Crippen LogP contribution in [0.25, 0.3) is 28.0 Å². The number of halogens is 3. The fourth-order valence-electron chi connectivity index (χ4n) is 6.91. The van der Waals surface area contributed by atoms with Crippen molar-refractivity contribution in [3.8, 4) is 33.9 Å². The predicted octanol–water partition coefficient (Wildman–Crippen LogP) is 10.1. The third-order valence-electron chi connectivity index (χ3n) is 9.78. The molecule has 12 heteroatoms. The fourth-order valence-corrected chi connectivity index (χ4v) is 6.91. The van der Waals surface area contributed by atoms with Crippen LogP contribution in [0.4, 0.5) is 19.0 Å². The smallest absolute Gasteiger partial charge is 0.490 e. The largest absolute Gasteiger partial charge is 0.573 e. The van der Waals surface area contributed by atoms with Crippen molar-refractivity contribution in [1.82, 2.24) is 9.38 Å². The number of fused-ring (bicyclic) bond motifs is 1. The first kappa shape index (κ1) is 41.4. The van der Waals surface area contributed by atoms with Crippen LogP contribution in [0.15, 0.2) is 74.0 Å². The second-order valence-electron chi connectivity index (χ2n) is 15.2. The topological polar surface area (TPSA) is 83.8 Å². The molecule has 0 aliphatic carbocycles. The molecule has 0 saturated carbocycles. The molecule has 2 atom stereocenters. The average Bonchev–Trinajstić information content (AvgIpc) is 3.57. The maximum atomic E-state index is 13.6. The lowest BCUT2D eigenvalue weighted by atomic mass is 9.92. The van der Waals surface area contributed by atoms with E-state index in [0.29, 0.717) is 59.9 Å². The number of aromatic nitrogens is 2.